The van der Waals surface area contributed by atoms with Crippen LogP contribution < -0.4 is 19.6 Å². The Balaban J connectivity index is 1.32. The third-order valence-corrected chi connectivity index (χ3v) is 7.17. The monoisotopic (exact) mass is 458 g/mol. The molecule has 6 heteroatoms. The van der Waals surface area contributed by atoms with E-state index < -0.39 is 0 Å². The van der Waals surface area contributed by atoms with Gasteiger partial charge in [0.1, 0.15) is 0 Å². The van der Waals surface area contributed by atoms with Gasteiger partial charge in [0.05, 0.1) is 36.1 Å². The van der Waals surface area contributed by atoms with Crippen LogP contribution in [0.4, 0.5) is 22.7 Å². The van der Waals surface area contributed by atoms with Gasteiger partial charge in [0.15, 0.2) is 0 Å². The third-order valence-electron chi connectivity index (χ3n) is 7.17. The Morgan fingerprint density at radius 2 is 0.853 bits per heavy atom. The predicted molar refractivity (Wildman–Crippen MR) is 144 cm³/mol. The maximum Gasteiger partial charge on any atom is 0.0942 e. The van der Waals surface area contributed by atoms with E-state index in [0.717, 1.165) is 39.5 Å². The minimum Gasteiger partial charge on any atom is -0.373 e. The summed E-state index contributed by atoms with van der Waals surface area (Å²) in [7, 11) is 4.46. The first-order valence-electron chi connectivity index (χ1n) is 12.7. The highest BCUT2D eigenvalue weighted by Gasteiger charge is 2.20. The van der Waals surface area contributed by atoms with Crippen LogP contribution in [0, 0.1) is 0 Å². The summed E-state index contributed by atoms with van der Waals surface area (Å²) in [4.78, 5) is 14.5. The van der Waals surface area contributed by atoms with Gasteiger partial charge in [-0.15, -0.1) is 0 Å². The SMILES string of the molecule is CN1CCCCN2C=CN(C2)c2ccccc2N(C)CCCCN2C=CN(C2)c2ccccc21. The zero-order chi connectivity index (χ0) is 23.3. The number of hydrogen-bond acceptors (Lipinski definition) is 6. The van der Waals surface area contributed by atoms with E-state index in [1.54, 1.807) is 0 Å². The van der Waals surface area contributed by atoms with Gasteiger partial charge in [0, 0.05) is 65.1 Å². The molecule has 0 N–H and O–H groups in total. The molecule has 2 aromatic rings. The van der Waals surface area contributed by atoms with E-state index in [1.807, 2.05) is 0 Å². The molecule has 3 aliphatic rings. The number of fused-ring (bicyclic) bond motifs is 8. The van der Waals surface area contributed by atoms with E-state index in [1.165, 1.54) is 48.4 Å². The van der Waals surface area contributed by atoms with Crippen LogP contribution in [0.2, 0.25) is 0 Å². The summed E-state index contributed by atoms with van der Waals surface area (Å²) in [5.74, 6) is 0. The van der Waals surface area contributed by atoms with E-state index in [0.29, 0.717) is 0 Å². The lowest BCUT2D eigenvalue weighted by atomic mass is 10.2. The van der Waals surface area contributed by atoms with Gasteiger partial charge in [-0.1, -0.05) is 24.3 Å². The molecule has 0 unspecified atom stereocenters. The molecular weight excluding hydrogens is 420 g/mol. The molecule has 6 nitrogen and oxygen atoms in total. The van der Waals surface area contributed by atoms with Crippen LogP contribution in [0.25, 0.3) is 0 Å². The number of nitrogens with zero attached hydrogens (tertiary/aromatic N) is 6. The molecule has 3 heterocycles. The Hall–Kier alpha value is -3.28. The largest absolute Gasteiger partial charge is 0.373 e. The summed E-state index contributed by atoms with van der Waals surface area (Å²) in [6, 6.07) is 17.6. The molecule has 0 saturated heterocycles. The number of hydrogen-bond donors (Lipinski definition) is 0. The van der Waals surface area contributed by atoms with Gasteiger partial charge in [-0.25, -0.2) is 0 Å². The Bertz CT molecular complexity index is 936. The van der Waals surface area contributed by atoms with Gasteiger partial charge in [-0.05, 0) is 49.9 Å². The van der Waals surface area contributed by atoms with E-state index >= 15 is 0 Å². The fourth-order valence-electron chi connectivity index (χ4n) is 5.16. The normalized spacial score (nSPS) is 19.5. The zero-order valence-corrected chi connectivity index (χ0v) is 20.7. The van der Waals surface area contributed by atoms with Crippen LogP contribution in [0.3, 0.4) is 0 Å². The smallest absolute Gasteiger partial charge is 0.0942 e. The highest BCUT2D eigenvalue weighted by molar-refractivity contribution is 5.73. The fraction of sp³-hybridized carbons (Fsp3) is 0.429. The second-order valence-corrected chi connectivity index (χ2v) is 9.68. The van der Waals surface area contributed by atoms with Crippen molar-refractivity contribution >= 4 is 22.7 Å². The van der Waals surface area contributed by atoms with Crippen LogP contribution >= 0.6 is 0 Å². The van der Waals surface area contributed by atoms with Gasteiger partial charge in [-0.3, -0.25) is 0 Å². The molecule has 0 aliphatic carbocycles. The van der Waals surface area contributed by atoms with Crippen molar-refractivity contribution in [3.05, 3.63) is 73.3 Å². The number of anilines is 4. The molecule has 0 saturated carbocycles. The topological polar surface area (TPSA) is 19.4 Å². The highest BCUT2D eigenvalue weighted by Crippen LogP contribution is 2.32. The summed E-state index contributed by atoms with van der Waals surface area (Å²) in [6.07, 6.45) is 13.7. The Kier molecular flexibility index (Phi) is 6.84. The maximum absolute atomic E-state index is 2.44. The molecule has 0 atom stereocenters. The van der Waals surface area contributed by atoms with Crippen molar-refractivity contribution < 1.29 is 0 Å². The van der Waals surface area contributed by atoms with Crippen molar-refractivity contribution in [3.8, 4) is 0 Å². The summed E-state index contributed by atoms with van der Waals surface area (Å²) in [6.45, 7) is 6.16. The molecule has 180 valence electrons. The molecule has 0 fully saturated rings. The third kappa shape index (κ3) is 4.96. The lowest BCUT2D eigenvalue weighted by Crippen LogP contribution is -2.30. The molecule has 4 bridgehead atoms. The average Bonchev–Trinajstić information content (AvgIpc) is 3.54. The maximum atomic E-state index is 2.44. The van der Waals surface area contributed by atoms with E-state index in [2.05, 4.69) is 117 Å². The van der Waals surface area contributed by atoms with Crippen molar-refractivity contribution in [1.82, 2.24) is 9.80 Å². The summed E-state index contributed by atoms with van der Waals surface area (Å²) >= 11 is 0. The van der Waals surface area contributed by atoms with Crippen LogP contribution in [0.5, 0.6) is 0 Å². The number of rotatable bonds is 0. The van der Waals surface area contributed by atoms with Gasteiger partial charge in [0.2, 0.25) is 0 Å². The Labute approximate surface area is 204 Å². The van der Waals surface area contributed by atoms with E-state index in [4.69, 9.17) is 0 Å². The summed E-state index contributed by atoms with van der Waals surface area (Å²) in [5.41, 5.74) is 5.22. The second kappa shape index (κ2) is 10.3. The molecule has 3 aliphatic heterocycles. The van der Waals surface area contributed by atoms with E-state index in [-0.39, 0.29) is 0 Å². The first kappa shape index (κ1) is 22.5. The van der Waals surface area contributed by atoms with Crippen molar-refractivity contribution in [2.24, 2.45) is 0 Å². The lowest BCUT2D eigenvalue weighted by molar-refractivity contribution is 0.392. The summed E-state index contributed by atoms with van der Waals surface area (Å²) in [5, 5.41) is 0. The minimum atomic E-state index is 0.930. The molecule has 2 aromatic carbocycles. The average molecular weight is 459 g/mol. The molecule has 34 heavy (non-hydrogen) atoms. The Morgan fingerprint density at radius 1 is 0.471 bits per heavy atom. The number of para-hydroxylation sites is 4. The van der Waals surface area contributed by atoms with Gasteiger partial charge < -0.3 is 29.4 Å². The molecule has 5 rings (SSSR count). The first-order chi connectivity index (χ1) is 16.7. The van der Waals surface area contributed by atoms with Crippen molar-refractivity contribution in [3.63, 3.8) is 0 Å². The fourth-order valence-corrected chi connectivity index (χ4v) is 5.16. The first-order valence-corrected chi connectivity index (χ1v) is 12.7. The molecule has 0 aromatic heterocycles. The molecule has 0 radical (unpaired) electrons. The molecule has 0 spiro atoms. The summed E-state index contributed by atoms with van der Waals surface area (Å²) < 4.78 is 0. The van der Waals surface area contributed by atoms with Gasteiger partial charge >= 0.3 is 0 Å². The standard InChI is InChI=1S/C28H38N6/c1-29-15-7-9-17-31-20-22-34(24-31)28-14-6-4-12-26(28)30(2)16-8-10-18-32-19-21-33(23-32)27-13-5-3-11-25(27)29/h3-6,11-14,19-22H,7-10,15-18,23-24H2,1-2H3. The Morgan fingerprint density at radius 3 is 1.29 bits per heavy atom. The zero-order valence-electron chi connectivity index (χ0n) is 20.7. The van der Waals surface area contributed by atoms with Crippen molar-refractivity contribution in [2.45, 2.75) is 25.7 Å². The lowest BCUT2D eigenvalue weighted by Gasteiger charge is -2.29. The van der Waals surface area contributed by atoms with Crippen LogP contribution in [0.15, 0.2) is 73.3 Å². The predicted octanol–water partition coefficient (Wildman–Crippen LogP) is 4.93. The second-order valence-electron chi connectivity index (χ2n) is 9.68. The highest BCUT2D eigenvalue weighted by atomic mass is 15.4. The van der Waals surface area contributed by atoms with Crippen LogP contribution in [-0.4, -0.2) is 63.4 Å². The minimum absolute atomic E-state index is 0.930. The van der Waals surface area contributed by atoms with Gasteiger partial charge in [-0.2, -0.15) is 0 Å². The van der Waals surface area contributed by atoms with Crippen molar-refractivity contribution in [2.75, 3.05) is 73.2 Å². The number of benzene rings is 2. The molecule has 0 amide bonds. The van der Waals surface area contributed by atoms with E-state index in [9.17, 15) is 0 Å². The molecular formula is C28H38N6. The quantitative estimate of drug-likeness (QED) is 0.553. The van der Waals surface area contributed by atoms with Crippen LogP contribution in [-0.2, 0) is 0 Å². The van der Waals surface area contributed by atoms with Crippen LogP contribution in [0.1, 0.15) is 25.7 Å². The van der Waals surface area contributed by atoms with Gasteiger partial charge in [0.25, 0.3) is 0 Å². The van der Waals surface area contributed by atoms with Crippen molar-refractivity contribution in [1.29, 1.82) is 0 Å².